The van der Waals surface area contributed by atoms with Crippen LogP contribution in [0, 0.1) is 6.92 Å². The van der Waals surface area contributed by atoms with Crippen molar-refractivity contribution < 1.29 is 9.53 Å². The molecule has 0 radical (unpaired) electrons. The number of hydrogen-bond acceptors (Lipinski definition) is 5. The van der Waals surface area contributed by atoms with E-state index in [1.807, 2.05) is 38.1 Å². The number of nitrogens with two attached hydrogens (primary N) is 1. The van der Waals surface area contributed by atoms with Crippen LogP contribution in [-0.2, 0) is 0 Å². The number of nitrogens with zero attached hydrogens (tertiary/aromatic N) is 2. The van der Waals surface area contributed by atoms with E-state index in [4.69, 9.17) is 22.1 Å². The van der Waals surface area contributed by atoms with Crippen molar-refractivity contribution in [3.05, 3.63) is 76.7 Å². The van der Waals surface area contributed by atoms with Crippen molar-refractivity contribution >= 4 is 29.0 Å². The summed E-state index contributed by atoms with van der Waals surface area (Å²) < 4.78 is 5.87. The summed E-state index contributed by atoms with van der Waals surface area (Å²) in [6, 6.07) is 12.5. The van der Waals surface area contributed by atoms with Crippen LogP contribution in [0.2, 0.25) is 5.02 Å². The fourth-order valence-corrected chi connectivity index (χ4v) is 2.60. The molecular formula is C20H19ClN4O2. The van der Waals surface area contributed by atoms with Gasteiger partial charge in [-0.3, -0.25) is 9.78 Å². The van der Waals surface area contributed by atoms with Crippen molar-refractivity contribution in [2.45, 2.75) is 20.0 Å². The Balaban J connectivity index is 1.73. The van der Waals surface area contributed by atoms with Crippen LogP contribution in [0.4, 0.5) is 11.5 Å². The van der Waals surface area contributed by atoms with E-state index in [0.29, 0.717) is 22.2 Å². The first kappa shape index (κ1) is 18.7. The predicted molar refractivity (Wildman–Crippen MR) is 106 cm³/mol. The summed E-state index contributed by atoms with van der Waals surface area (Å²) in [5.74, 6) is 0.401. The molecule has 0 aliphatic rings. The molecule has 0 fully saturated rings. The van der Waals surface area contributed by atoms with Crippen molar-refractivity contribution in [1.82, 2.24) is 9.97 Å². The fraction of sp³-hybridized carbons (Fsp3) is 0.150. The number of carbonyl (C=O) groups is 1. The molecule has 3 rings (SSSR count). The van der Waals surface area contributed by atoms with E-state index in [9.17, 15) is 4.79 Å². The zero-order valence-electron chi connectivity index (χ0n) is 14.9. The lowest BCUT2D eigenvalue weighted by Gasteiger charge is -2.17. The maximum atomic E-state index is 12.3. The zero-order valence-corrected chi connectivity index (χ0v) is 15.7. The third-order valence-corrected chi connectivity index (χ3v) is 4.12. The Morgan fingerprint density at radius 1 is 1.19 bits per heavy atom. The molecule has 3 aromatic rings. The first-order chi connectivity index (χ1) is 12.9. The van der Waals surface area contributed by atoms with Gasteiger partial charge in [0.25, 0.3) is 5.91 Å². The van der Waals surface area contributed by atoms with E-state index in [-0.39, 0.29) is 17.8 Å². The minimum absolute atomic E-state index is 0.265. The van der Waals surface area contributed by atoms with Gasteiger partial charge in [-0.15, -0.1) is 0 Å². The number of halogens is 1. The summed E-state index contributed by atoms with van der Waals surface area (Å²) >= 11 is 5.95. The van der Waals surface area contributed by atoms with Crippen LogP contribution >= 0.6 is 11.6 Å². The number of carbonyl (C=O) groups excluding carboxylic acids is 1. The molecule has 2 heterocycles. The van der Waals surface area contributed by atoms with Gasteiger partial charge in [0.1, 0.15) is 11.8 Å². The lowest BCUT2D eigenvalue weighted by molar-refractivity contribution is 0.102. The molecule has 7 heteroatoms. The van der Waals surface area contributed by atoms with E-state index in [0.717, 1.165) is 11.1 Å². The standard InChI is InChI=1S/C20H19ClN4O2/c1-12-6-7-17(23-10-12)20(26)25-16-5-3-4-14(8-16)13(2)27-18-9-15(21)11-24-19(18)22/h3-11,13H,1-2H3,(H2,22,24)(H,25,26). The van der Waals surface area contributed by atoms with Gasteiger partial charge >= 0.3 is 0 Å². The Morgan fingerprint density at radius 3 is 2.74 bits per heavy atom. The Bertz CT molecular complexity index is 960. The summed E-state index contributed by atoms with van der Waals surface area (Å²) in [5, 5.41) is 3.28. The number of ether oxygens (including phenoxy) is 1. The largest absolute Gasteiger partial charge is 0.482 e. The summed E-state index contributed by atoms with van der Waals surface area (Å²) in [5.41, 5.74) is 8.69. The van der Waals surface area contributed by atoms with Crippen LogP contribution in [0.25, 0.3) is 0 Å². The highest BCUT2D eigenvalue weighted by atomic mass is 35.5. The number of amides is 1. The van der Waals surface area contributed by atoms with Crippen LogP contribution in [0.3, 0.4) is 0 Å². The molecule has 27 heavy (non-hydrogen) atoms. The monoisotopic (exact) mass is 382 g/mol. The van der Waals surface area contributed by atoms with Gasteiger partial charge in [0.2, 0.25) is 0 Å². The molecule has 0 saturated carbocycles. The van der Waals surface area contributed by atoms with Crippen molar-refractivity contribution in [1.29, 1.82) is 0 Å². The number of rotatable bonds is 5. The molecule has 1 unspecified atom stereocenters. The second kappa shape index (κ2) is 8.05. The van der Waals surface area contributed by atoms with E-state index < -0.39 is 0 Å². The highest BCUT2D eigenvalue weighted by Gasteiger charge is 2.13. The molecule has 2 aromatic heterocycles. The summed E-state index contributed by atoms with van der Waals surface area (Å²) in [4.78, 5) is 20.4. The van der Waals surface area contributed by atoms with Gasteiger partial charge in [0.05, 0.1) is 5.02 Å². The molecule has 0 aliphatic heterocycles. The van der Waals surface area contributed by atoms with Gasteiger partial charge < -0.3 is 15.8 Å². The third kappa shape index (κ3) is 4.74. The molecule has 1 amide bonds. The summed E-state index contributed by atoms with van der Waals surface area (Å²) in [7, 11) is 0. The van der Waals surface area contributed by atoms with Crippen molar-refractivity contribution in [2.24, 2.45) is 0 Å². The van der Waals surface area contributed by atoms with E-state index in [2.05, 4.69) is 15.3 Å². The molecule has 3 N–H and O–H groups in total. The second-order valence-electron chi connectivity index (χ2n) is 6.10. The zero-order chi connectivity index (χ0) is 19.4. The Morgan fingerprint density at radius 2 is 2.00 bits per heavy atom. The average Bonchev–Trinajstić information content (AvgIpc) is 2.65. The number of pyridine rings is 2. The molecule has 0 saturated heterocycles. The molecule has 1 atom stereocenters. The number of nitrogen functional groups attached to an aromatic ring is 1. The van der Waals surface area contributed by atoms with E-state index in [1.165, 1.54) is 6.20 Å². The van der Waals surface area contributed by atoms with Gasteiger partial charge in [0.15, 0.2) is 11.6 Å². The Hall–Kier alpha value is -3.12. The maximum Gasteiger partial charge on any atom is 0.274 e. The minimum Gasteiger partial charge on any atom is -0.482 e. The van der Waals surface area contributed by atoms with Crippen molar-refractivity contribution in [3.8, 4) is 5.75 Å². The quantitative estimate of drug-likeness (QED) is 0.682. The Labute approximate surface area is 162 Å². The molecular weight excluding hydrogens is 364 g/mol. The molecule has 1 aromatic carbocycles. The van der Waals surface area contributed by atoms with Gasteiger partial charge in [-0.1, -0.05) is 29.8 Å². The number of aryl methyl sites for hydroxylation is 1. The molecule has 138 valence electrons. The SMILES string of the molecule is Cc1ccc(C(=O)Nc2cccc(C(C)Oc3cc(Cl)cnc3N)c2)nc1. The van der Waals surface area contributed by atoms with E-state index in [1.54, 1.807) is 24.4 Å². The molecule has 6 nitrogen and oxygen atoms in total. The van der Waals surface area contributed by atoms with Crippen molar-refractivity contribution in [2.75, 3.05) is 11.1 Å². The normalized spacial score (nSPS) is 11.7. The van der Waals surface area contributed by atoms with Gasteiger partial charge in [-0.05, 0) is 43.2 Å². The first-order valence-corrected chi connectivity index (χ1v) is 8.72. The number of nitrogens with one attached hydrogen (secondary N) is 1. The number of aromatic nitrogens is 2. The van der Waals surface area contributed by atoms with Crippen LogP contribution in [0.5, 0.6) is 5.75 Å². The first-order valence-electron chi connectivity index (χ1n) is 8.34. The third-order valence-electron chi connectivity index (χ3n) is 3.91. The van der Waals surface area contributed by atoms with Crippen LogP contribution in [0.15, 0.2) is 54.9 Å². The molecule has 0 aliphatic carbocycles. The fourth-order valence-electron chi connectivity index (χ4n) is 2.45. The number of hydrogen-bond donors (Lipinski definition) is 2. The maximum absolute atomic E-state index is 12.3. The van der Waals surface area contributed by atoms with E-state index >= 15 is 0 Å². The van der Waals surface area contributed by atoms with Crippen LogP contribution < -0.4 is 15.8 Å². The Kier molecular flexibility index (Phi) is 5.57. The van der Waals surface area contributed by atoms with Crippen LogP contribution in [-0.4, -0.2) is 15.9 Å². The highest BCUT2D eigenvalue weighted by molar-refractivity contribution is 6.30. The van der Waals surface area contributed by atoms with Gasteiger partial charge in [-0.25, -0.2) is 4.98 Å². The average molecular weight is 383 g/mol. The lowest BCUT2D eigenvalue weighted by atomic mass is 10.1. The smallest absolute Gasteiger partial charge is 0.274 e. The topological polar surface area (TPSA) is 90.1 Å². The van der Waals surface area contributed by atoms with Crippen LogP contribution in [0.1, 0.15) is 34.6 Å². The number of benzene rings is 1. The van der Waals surface area contributed by atoms with Crippen molar-refractivity contribution in [3.63, 3.8) is 0 Å². The molecule has 0 spiro atoms. The predicted octanol–water partition coefficient (Wildman–Crippen LogP) is 4.41. The molecule has 0 bridgehead atoms. The highest BCUT2D eigenvalue weighted by Crippen LogP contribution is 2.29. The second-order valence-corrected chi connectivity index (χ2v) is 6.53. The van der Waals surface area contributed by atoms with Gasteiger partial charge in [-0.2, -0.15) is 0 Å². The lowest BCUT2D eigenvalue weighted by Crippen LogP contribution is -2.14. The van der Waals surface area contributed by atoms with Gasteiger partial charge in [0, 0.05) is 24.1 Å². The number of anilines is 2. The summed E-state index contributed by atoms with van der Waals surface area (Å²) in [6.45, 7) is 3.80. The summed E-state index contributed by atoms with van der Waals surface area (Å²) in [6.07, 6.45) is 2.80. The minimum atomic E-state index is -0.318.